The Labute approximate surface area is 173 Å². The van der Waals surface area contributed by atoms with E-state index in [2.05, 4.69) is 25.8 Å². The molecular weight excluding hydrogens is 382 g/mol. The van der Waals surface area contributed by atoms with Crippen LogP contribution in [0.4, 0.5) is 4.79 Å². The molecule has 8 heteroatoms. The molecule has 0 aliphatic heterocycles. The minimum atomic E-state index is -0.324. The van der Waals surface area contributed by atoms with Gasteiger partial charge in [-0.2, -0.15) is 0 Å². The lowest BCUT2D eigenvalue weighted by Crippen LogP contribution is -2.38. The normalized spacial score (nSPS) is 11.6. The Bertz CT molecular complexity index is 1080. The molecule has 4 rings (SSSR count). The number of aromatic amines is 1. The van der Waals surface area contributed by atoms with Crippen molar-refractivity contribution in [3.05, 3.63) is 89.9 Å². The molecule has 0 aliphatic carbocycles. The lowest BCUT2D eigenvalue weighted by molar-refractivity contribution is 0.238. The zero-order chi connectivity index (χ0) is 20.8. The molecule has 30 heavy (non-hydrogen) atoms. The summed E-state index contributed by atoms with van der Waals surface area (Å²) in [6.45, 7) is 0.198. The Balaban J connectivity index is 1.44. The number of amides is 2. The number of benzene rings is 2. The molecule has 152 valence electrons. The molecule has 0 spiro atoms. The summed E-state index contributed by atoms with van der Waals surface area (Å²) in [7, 11) is 1.62. The van der Waals surface area contributed by atoms with Gasteiger partial charge in [0, 0.05) is 0 Å². The van der Waals surface area contributed by atoms with Crippen LogP contribution in [-0.4, -0.2) is 28.3 Å². The fraction of sp³-hybridized carbons (Fsp3) is 0.136. The summed E-state index contributed by atoms with van der Waals surface area (Å²) in [5.41, 5.74) is 1.91. The predicted molar refractivity (Wildman–Crippen MR) is 111 cm³/mol. The standard InChI is InChI=1S/C22H21N5O3/c1-29-17-11-9-16(10-12-17)20(15-6-3-2-4-7-15)25-22(28)23-14-19-24-21(27-26-19)18-8-5-13-30-18/h2-13,20H,14H2,1H3,(H2,23,25,28)(H,24,26,27). The van der Waals surface area contributed by atoms with E-state index in [1.165, 1.54) is 0 Å². The predicted octanol–water partition coefficient (Wildman–Crippen LogP) is 3.66. The molecule has 3 N–H and O–H groups in total. The molecule has 0 bridgehead atoms. The first-order valence-electron chi connectivity index (χ1n) is 9.41. The molecule has 1 unspecified atom stereocenters. The third-order valence-electron chi connectivity index (χ3n) is 4.55. The van der Waals surface area contributed by atoms with Gasteiger partial charge < -0.3 is 19.8 Å². The average molecular weight is 403 g/mol. The molecule has 0 fully saturated rings. The Morgan fingerprint density at radius 3 is 2.53 bits per heavy atom. The largest absolute Gasteiger partial charge is 0.497 e. The molecule has 1 atom stereocenters. The van der Waals surface area contributed by atoms with Crippen molar-refractivity contribution < 1.29 is 13.9 Å². The minimum absolute atomic E-state index is 0.198. The smallest absolute Gasteiger partial charge is 0.315 e. The van der Waals surface area contributed by atoms with Crippen molar-refractivity contribution in [2.75, 3.05) is 7.11 Å². The number of aromatic nitrogens is 3. The second kappa shape index (κ2) is 8.95. The molecule has 2 amide bonds. The van der Waals surface area contributed by atoms with Crippen molar-refractivity contribution in [2.45, 2.75) is 12.6 Å². The first-order valence-corrected chi connectivity index (χ1v) is 9.41. The number of rotatable bonds is 7. The monoisotopic (exact) mass is 403 g/mol. The van der Waals surface area contributed by atoms with Gasteiger partial charge in [0.2, 0.25) is 5.82 Å². The number of ether oxygens (including phenoxy) is 1. The van der Waals surface area contributed by atoms with Gasteiger partial charge in [0.1, 0.15) is 11.6 Å². The van der Waals surface area contributed by atoms with E-state index in [0.29, 0.717) is 17.4 Å². The molecule has 0 aliphatic rings. The number of carbonyl (C=O) groups excluding carboxylic acids is 1. The van der Waals surface area contributed by atoms with Gasteiger partial charge in [-0.05, 0) is 35.4 Å². The van der Waals surface area contributed by atoms with Crippen LogP contribution >= 0.6 is 0 Å². The first kappa shape index (κ1) is 19.3. The lowest BCUT2D eigenvalue weighted by Gasteiger charge is -2.20. The molecule has 0 radical (unpaired) electrons. The van der Waals surface area contributed by atoms with Crippen LogP contribution in [0.2, 0.25) is 0 Å². The van der Waals surface area contributed by atoms with Crippen molar-refractivity contribution in [2.24, 2.45) is 0 Å². The van der Waals surface area contributed by atoms with E-state index in [-0.39, 0.29) is 18.6 Å². The van der Waals surface area contributed by atoms with Crippen molar-refractivity contribution in [1.29, 1.82) is 0 Å². The SMILES string of the molecule is COc1ccc(C(NC(=O)NCc2nc(-c3ccco3)n[nH]2)c2ccccc2)cc1. The van der Waals surface area contributed by atoms with Gasteiger partial charge in [0.25, 0.3) is 0 Å². The maximum absolute atomic E-state index is 12.6. The van der Waals surface area contributed by atoms with Crippen LogP contribution in [0.25, 0.3) is 11.6 Å². The van der Waals surface area contributed by atoms with Gasteiger partial charge in [-0.1, -0.05) is 42.5 Å². The number of urea groups is 1. The Hall–Kier alpha value is -4.07. The third kappa shape index (κ3) is 4.49. The fourth-order valence-corrected chi connectivity index (χ4v) is 3.04. The van der Waals surface area contributed by atoms with Gasteiger partial charge in [-0.25, -0.2) is 9.78 Å². The summed E-state index contributed by atoms with van der Waals surface area (Å²) in [6.07, 6.45) is 1.56. The molecule has 8 nitrogen and oxygen atoms in total. The summed E-state index contributed by atoms with van der Waals surface area (Å²) in [5, 5.41) is 12.7. The Kier molecular flexibility index (Phi) is 5.75. The maximum Gasteiger partial charge on any atom is 0.315 e. The summed E-state index contributed by atoms with van der Waals surface area (Å²) in [5.74, 6) is 2.29. The van der Waals surface area contributed by atoms with Crippen LogP contribution < -0.4 is 15.4 Å². The van der Waals surface area contributed by atoms with Crippen molar-refractivity contribution in [3.63, 3.8) is 0 Å². The number of hydrogen-bond donors (Lipinski definition) is 3. The lowest BCUT2D eigenvalue weighted by atomic mass is 9.99. The third-order valence-corrected chi connectivity index (χ3v) is 4.55. The van der Waals surface area contributed by atoms with Crippen LogP contribution in [0, 0.1) is 0 Å². The van der Waals surface area contributed by atoms with Crippen LogP contribution in [-0.2, 0) is 6.54 Å². The molecule has 0 saturated heterocycles. The number of methoxy groups -OCH3 is 1. The second-order valence-corrected chi connectivity index (χ2v) is 6.53. The summed E-state index contributed by atoms with van der Waals surface area (Å²) in [6, 6.07) is 20.3. The fourth-order valence-electron chi connectivity index (χ4n) is 3.04. The van der Waals surface area contributed by atoms with E-state index in [1.807, 2.05) is 54.6 Å². The number of furan rings is 1. The molecular formula is C22H21N5O3. The topological polar surface area (TPSA) is 105 Å². The van der Waals surface area contributed by atoms with Gasteiger partial charge in [-0.3, -0.25) is 5.10 Å². The molecule has 2 heterocycles. The van der Waals surface area contributed by atoms with Crippen molar-refractivity contribution in [3.8, 4) is 17.3 Å². The highest BCUT2D eigenvalue weighted by Gasteiger charge is 2.17. The number of H-pyrrole nitrogens is 1. The molecule has 2 aromatic carbocycles. The van der Waals surface area contributed by atoms with Crippen LogP contribution in [0.5, 0.6) is 5.75 Å². The quantitative estimate of drug-likeness (QED) is 0.437. The van der Waals surface area contributed by atoms with Crippen LogP contribution in [0.3, 0.4) is 0 Å². The van der Waals surface area contributed by atoms with E-state index < -0.39 is 0 Å². The zero-order valence-corrected chi connectivity index (χ0v) is 16.3. The number of nitrogens with one attached hydrogen (secondary N) is 3. The minimum Gasteiger partial charge on any atom is -0.497 e. The highest BCUT2D eigenvalue weighted by molar-refractivity contribution is 5.75. The van der Waals surface area contributed by atoms with Gasteiger partial charge in [0.15, 0.2) is 5.76 Å². The average Bonchev–Trinajstić information content (AvgIpc) is 3.49. The molecule has 0 saturated carbocycles. The second-order valence-electron chi connectivity index (χ2n) is 6.53. The Morgan fingerprint density at radius 1 is 1.07 bits per heavy atom. The van der Waals surface area contributed by atoms with E-state index >= 15 is 0 Å². The van der Waals surface area contributed by atoms with E-state index in [4.69, 9.17) is 9.15 Å². The van der Waals surface area contributed by atoms with Crippen molar-refractivity contribution >= 4 is 6.03 Å². The summed E-state index contributed by atoms with van der Waals surface area (Å²) < 4.78 is 10.5. The van der Waals surface area contributed by atoms with E-state index in [9.17, 15) is 4.79 Å². The van der Waals surface area contributed by atoms with Gasteiger partial charge in [-0.15, -0.1) is 5.10 Å². The first-order chi connectivity index (χ1) is 14.7. The molecule has 2 aromatic heterocycles. The highest BCUT2D eigenvalue weighted by Crippen LogP contribution is 2.24. The number of hydrogen-bond acceptors (Lipinski definition) is 5. The maximum atomic E-state index is 12.6. The summed E-state index contributed by atoms with van der Waals surface area (Å²) >= 11 is 0. The van der Waals surface area contributed by atoms with Crippen molar-refractivity contribution in [1.82, 2.24) is 25.8 Å². The summed E-state index contributed by atoms with van der Waals surface area (Å²) in [4.78, 5) is 16.9. The van der Waals surface area contributed by atoms with E-state index in [1.54, 1.807) is 25.5 Å². The number of carbonyl (C=O) groups is 1. The zero-order valence-electron chi connectivity index (χ0n) is 16.3. The van der Waals surface area contributed by atoms with Gasteiger partial charge in [0.05, 0.1) is 26.0 Å². The molecule has 4 aromatic rings. The van der Waals surface area contributed by atoms with Crippen LogP contribution in [0.15, 0.2) is 77.4 Å². The highest BCUT2D eigenvalue weighted by atomic mass is 16.5. The van der Waals surface area contributed by atoms with E-state index in [0.717, 1.165) is 16.9 Å². The van der Waals surface area contributed by atoms with Gasteiger partial charge >= 0.3 is 6.03 Å². The Morgan fingerprint density at radius 2 is 1.83 bits per heavy atom. The van der Waals surface area contributed by atoms with Crippen LogP contribution in [0.1, 0.15) is 23.0 Å². The number of nitrogens with zero attached hydrogens (tertiary/aromatic N) is 2.